The summed E-state index contributed by atoms with van der Waals surface area (Å²) in [5, 5.41) is 8.29. The molecule has 0 aromatic rings. The van der Waals surface area contributed by atoms with E-state index in [1.165, 1.54) is 11.8 Å². The summed E-state index contributed by atoms with van der Waals surface area (Å²) in [5.74, 6) is 0.149. The van der Waals surface area contributed by atoms with Gasteiger partial charge < -0.3 is 5.11 Å². The first-order valence-corrected chi connectivity index (χ1v) is 6.13. The molecular weight excluding hydrogens is 203 g/mol. The van der Waals surface area contributed by atoms with Crippen LogP contribution in [0.4, 0.5) is 4.39 Å². The van der Waals surface area contributed by atoms with Crippen molar-refractivity contribution in [1.29, 1.82) is 0 Å². The molecular formula is C10H19FO2S. The molecule has 0 aliphatic carbocycles. The van der Waals surface area contributed by atoms with Crippen LogP contribution in [-0.4, -0.2) is 28.8 Å². The molecule has 0 fully saturated rings. The fourth-order valence-electron chi connectivity index (χ4n) is 1.06. The smallest absolute Gasteiger partial charge is 0.316 e. The predicted octanol–water partition coefficient (Wildman–Crippen LogP) is 3.11. The Hall–Kier alpha value is -0.250. The summed E-state index contributed by atoms with van der Waals surface area (Å²) in [6, 6.07) is 0. The SMILES string of the molecule is CC(SCCCCCCCF)C(=O)O. The van der Waals surface area contributed by atoms with E-state index in [1.54, 1.807) is 6.92 Å². The molecule has 0 rings (SSSR count). The summed E-state index contributed by atoms with van der Waals surface area (Å²) in [6.45, 7) is 1.49. The maximum Gasteiger partial charge on any atom is 0.316 e. The summed E-state index contributed by atoms with van der Waals surface area (Å²) < 4.78 is 11.7. The van der Waals surface area contributed by atoms with E-state index in [-0.39, 0.29) is 11.9 Å². The molecule has 14 heavy (non-hydrogen) atoms. The lowest BCUT2D eigenvalue weighted by atomic mass is 10.2. The van der Waals surface area contributed by atoms with Crippen LogP contribution in [-0.2, 0) is 4.79 Å². The van der Waals surface area contributed by atoms with Crippen molar-refractivity contribution in [3.8, 4) is 0 Å². The number of alkyl halides is 1. The minimum atomic E-state index is -0.743. The van der Waals surface area contributed by atoms with E-state index < -0.39 is 5.97 Å². The van der Waals surface area contributed by atoms with Gasteiger partial charge in [0.2, 0.25) is 0 Å². The van der Waals surface area contributed by atoms with Crippen LogP contribution >= 0.6 is 11.8 Å². The molecule has 1 N–H and O–H groups in total. The van der Waals surface area contributed by atoms with Crippen molar-refractivity contribution in [2.24, 2.45) is 0 Å². The van der Waals surface area contributed by atoms with Crippen molar-refractivity contribution in [2.75, 3.05) is 12.4 Å². The third kappa shape index (κ3) is 8.35. The van der Waals surface area contributed by atoms with Crippen molar-refractivity contribution in [3.63, 3.8) is 0 Å². The molecule has 1 atom stereocenters. The molecule has 2 nitrogen and oxygen atoms in total. The number of aliphatic carboxylic acids is 1. The number of thioether (sulfide) groups is 1. The molecule has 0 aliphatic heterocycles. The van der Waals surface area contributed by atoms with Gasteiger partial charge >= 0.3 is 5.97 Å². The van der Waals surface area contributed by atoms with Gasteiger partial charge in [-0.1, -0.05) is 19.3 Å². The lowest BCUT2D eigenvalue weighted by Crippen LogP contribution is -2.11. The van der Waals surface area contributed by atoms with Crippen LogP contribution in [0.2, 0.25) is 0 Å². The fourth-order valence-corrected chi connectivity index (χ4v) is 1.93. The molecule has 0 saturated carbocycles. The zero-order valence-corrected chi connectivity index (χ0v) is 9.49. The highest BCUT2D eigenvalue weighted by Gasteiger charge is 2.09. The molecule has 0 heterocycles. The summed E-state index contributed by atoms with van der Waals surface area (Å²) >= 11 is 1.47. The van der Waals surface area contributed by atoms with Crippen LogP contribution in [0.15, 0.2) is 0 Å². The summed E-state index contributed by atoms with van der Waals surface area (Å²) in [4.78, 5) is 10.4. The summed E-state index contributed by atoms with van der Waals surface area (Å²) in [7, 11) is 0. The summed E-state index contributed by atoms with van der Waals surface area (Å²) in [5.41, 5.74) is 0. The Morgan fingerprint density at radius 1 is 1.29 bits per heavy atom. The molecule has 4 heteroatoms. The van der Waals surface area contributed by atoms with Crippen LogP contribution in [0.5, 0.6) is 0 Å². The predicted molar refractivity (Wildman–Crippen MR) is 58.6 cm³/mol. The van der Waals surface area contributed by atoms with Gasteiger partial charge in [0.15, 0.2) is 0 Å². The molecule has 0 bridgehead atoms. The standard InChI is InChI=1S/C10H19FO2S/c1-9(10(12)13)14-8-6-4-2-3-5-7-11/h9H,2-8H2,1H3,(H,12,13). The quantitative estimate of drug-likeness (QED) is 0.609. The van der Waals surface area contributed by atoms with Gasteiger partial charge in [0.25, 0.3) is 0 Å². The van der Waals surface area contributed by atoms with Gasteiger partial charge in [-0.15, -0.1) is 11.8 Å². The van der Waals surface area contributed by atoms with E-state index in [0.29, 0.717) is 6.42 Å². The lowest BCUT2D eigenvalue weighted by Gasteiger charge is -2.05. The topological polar surface area (TPSA) is 37.3 Å². The van der Waals surface area contributed by atoms with E-state index in [2.05, 4.69) is 0 Å². The van der Waals surface area contributed by atoms with Crippen LogP contribution in [0.3, 0.4) is 0 Å². The number of rotatable bonds is 9. The molecule has 0 spiro atoms. The molecule has 0 saturated heterocycles. The Kier molecular flexibility index (Phi) is 9.14. The van der Waals surface area contributed by atoms with Crippen molar-refractivity contribution in [1.82, 2.24) is 0 Å². The zero-order valence-electron chi connectivity index (χ0n) is 8.67. The third-order valence-electron chi connectivity index (χ3n) is 1.99. The van der Waals surface area contributed by atoms with Gasteiger partial charge in [0, 0.05) is 0 Å². The first kappa shape index (κ1) is 13.8. The normalized spacial score (nSPS) is 12.7. The number of unbranched alkanes of at least 4 members (excludes halogenated alkanes) is 4. The number of carbonyl (C=O) groups is 1. The molecule has 0 amide bonds. The number of carboxylic acids is 1. The van der Waals surface area contributed by atoms with E-state index in [1.807, 2.05) is 0 Å². The third-order valence-corrected chi connectivity index (χ3v) is 3.22. The maximum absolute atomic E-state index is 11.7. The molecule has 0 aliphatic rings. The first-order chi connectivity index (χ1) is 6.68. The highest BCUT2D eigenvalue weighted by molar-refractivity contribution is 8.00. The average molecular weight is 222 g/mol. The zero-order chi connectivity index (χ0) is 10.8. The van der Waals surface area contributed by atoms with Gasteiger partial charge in [-0.05, 0) is 25.5 Å². The largest absolute Gasteiger partial charge is 0.480 e. The molecule has 0 aromatic heterocycles. The minimum Gasteiger partial charge on any atom is -0.480 e. The van der Waals surface area contributed by atoms with E-state index >= 15 is 0 Å². The second-order valence-corrected chi connectivity index (χ2v) is 4.76. The summed E-state index contributed by atoms with van der Waals surface area (Å²) in [6.07, 6.45) is 4.80. The van der Waals surface area contributed by atoms with Crippen molar-refractivity contribution in [3.05, 3.63) is 0 Å². The van der Waals surface area contributed by atoms with Gasteiger partial charge in [0.1, 0.15) is 0 Å². The Morgan fingerprint density at radius 2 is 1.86 bits per heavy atom. The monoisotopic (exact) mass is 222 g/mol. The van der Waals surface area contributed by atoms with Gasteiger partial charge in [-0.2, -0.15) is 0 Å². The maximum atomic E-state index is 11.7. The van der Waals surface area contributed by atoms with Gasteiger partial charge in [-0.25, -0.2) is 0 Å². The molecule has 0 radical (unpaired) electrons. The average Bonchev–Trinajstić information content (AvgIpc) is 2.16. The Labute approximate surface area is 89.3 Å². The Morgan fingerprint density at radius 3 is 2.43 bits per heavy atom. The molecule has 1 unspecified atom stereocenters. The van der Waals surface area contributed by atoms with E-state index in [9.17, 15) is 9.18 Å². The number of carboxylic acid groups (broad SMARTS) is 1. The van der Waals surface area contributed by atoms with Crippen LogP contribution in [0.25, 0.3) is 0 Å². The second-order valence-electron chi connectivity index (χ2n) is 3.31. The van der Waals surface area contributed by atoms with Crippen molar-refractivity contribution < 1.29 is 14.3 Å². The van der Waals surface area contributed by atoms with Crippen molar-refractivity contribution >= 4 is 17.7 Å². The first-order valence-electron chi connectivity index (χ1n) is 5.09. The van der Waals surface area contributed by atoms with Crippen LogP contribution in [0, 0.1) is 0 Å². The highest BCUT2D eigenvalue weighted by atomic mass is 32.2. The number of hydrogen-bond acceptors (Lipinski definition) is 2. The minimum absolute atomic E-state index is 0.217. The molecule has 0 aromatic carbocycles. The Balaban J connectivity index is 3.09. The van der Waals surface area contributed by atoms with E-state index in [0.717, 1.165) is 31.4 Å². The van der Waals surface area contributed by atoms with Gasteiger partial charge in [-0.3, -0.25) is 9.18 Å². The van der Waals surface area contributed by atoms with Crippen LogP contribution < -0.4 is 0 Å². The number of halogens is 1. The highest BCUT2D eigenvalue weighted by Crippen LogP contribution is 2.14. The van der Waals surface area contributed by atoms with Gasteiger partial charge in [0.05, 0.1) is 11.9 Å². The Bertz CT molecular complexity index is 153. The molecule has 84 valence electrons. The second kappa shape index (κ2) is 9.31. The fraction of sp³-hybridized carbons (Fsp3) is 0.900. The number of hydrogen-bond donors (Lipinski definition) is 1. The van der Waals surface area contributed by atoms with Crippen LogP contribution in [0.1, 0.15) is 39.0 Å². The van der Waals surface area contributed by atoms with E-state index in [4.69, 9.17) is 5.11 Å². The van der Waals surface area contributed by atoms with Crippen molar-refractivity contribution in [2.45, 2.75) is 44.3 Å². The lowest BCUT2D eigenvalue weighted by molar-refractivity contribution is -0.136.